The van der Waals surface area contributed by atoms with Gasteiger partial charge in [0.05, 0.1) is 0 Å². The fraction of sp³-hybridized carbons (Fsp3) is 0.333. The van der Waals surface area contributed by atoms with E-state index in [1.807, 2.05) is 38.1 Å². The van der Waals surface area contributed by atoms with Gasteiger partial charge in [0.15, 0.2) is 0 Å². The first-order valence-corrected chi connectivity index (χ1v) is 6.59. The van der Waals surface area contributed by atoms with Crippen molar-refractivity contribution in [3.05, 3.63) is 36.2 Å². The average Bonchev–Trinajstić information content (AvgIpc) is 2.81. The van der Waals surface area contributed by atoms with Crippen LogP contribution in [0.3, 0.4) is 0 Å². The average molecular weight is 274 g/mol. The van der Waals surface area contributed by atoms with E-state index in [9.17, 15) is 9.59 Å². The minimum absolute atomic E-state index is 0.191. The first-order valence-electron chi connectivity index (χ1n) is 6.59. The molecule has 1 atom stereocenters. The number of aromatic amines is 1. The van der Waals surface area contributed by atoms with Gasteiger partial charge in [-0.15, -0.1) is 0 Å². The van der Waals surface area contributed by atoms with Crippen molar-refractivity contribution in [2.75, 3.05) is 0 Å². The molecular weight excluding hydrogens is 256 g/mol. The van der Waals surface area contributed by atoms with Crippen LogP contribution in [0.4, 0.5) is 0 Å². The molecule has 0 unspecified atom stereocenters. The van der Waals surface area contributed by atoms with Gasteiger partial charge in [0.2, 0.25) is 0 Å². The number of carbonyl (C=O) groups excluding carboxylic acids is 1. The summed E-state index contributed by atoms with van der Waals surface area (Å²) in [6.45, 7) is 3.85. The van der Waals surface area contributed by atoms with Gasteiger partial charge in [0, 0.05) is 11.6 Å². The normalized spacial score (nSPS) is 12.6. The second-order valence-corrected chi connectivity index (χ2v) is 5.24. The van der Waals surface area contributed by atoms with Crippen molar-refractivity contribution >= 4 is 22.6 Å². The van der Waals surface area contributed by atoms with Gasteiger partial charge < -0.3 is 15.4 Å². The quantitative estimate of drug-likeness (QED) is 0.783. The van der Waals surface area contributed by atoms with Crippen LogP contribution in [-0.4, -0.2) is 28.0 Å². The van der Waals surface area contributed by atoms with Crippen LogP contribution in [0.2, 0.25) is 0 Å². The summed E-state index contributed by atoms with van der Waals surface area (Å²) >= 11 is 0. The van der Waals surface area contributed by atoms with Gasteiger partial charge in [0.25, 0.3) is 5.91 Å². The highest BCUT2D eigenvalue weighted by Crippen LogP contribution is 2.18. The van der Waals surface area contributed by atoms with Crippen LogP contribution in [0, 0.1) is 5.92 Å². The number of aliphatic carboxylic acids is 1. The summed E-state index contributed by atoms with van der Waals surface area (Å²) in [7, 11) is 0. The van der Waals surface area contributed by atoms with Crippen LogP contribution in [0.1, 0.15) is 30.8 Å². The molecule has 2 aromatic rings. The molecule has 1 heterocycles. The molecule has 2 rings (SSSR count). The zero-order valence-electron chi connectivity index (χ0n) is 11.5. The molecule has 0 bridgehead atoms. The SMILES string of the molecule is CC(C)C[C@H](NC(=O)c1[nH]cc2ccccc12)C(=O)O. The standard InChI is InChI=1S/C15H18N2O3/c1-9(2)7-12(15(19)20)17-14(18)13-11-6-4-3-5-10(11)8-16-13/h3-6,8-9,12,16H,7H2,1-2H3,(H,17,18)(H,19,20)/t12-/m0/s1. The number of carboxylic acids is 1. The molecule has 1 aromatic carbocycles. The van der Waals surface area contributed by atoms with Crippen LogP contribution in [-0.2, 0) is 4.79 Å². The third-order valence-corrected chi connectivity index (χ3v) is 3.14. The lowest BCUT2D eigenvalue weighted by Crippen LogP contribution is -2.41. The van der Waals surface area contributed by atoms with E-state index in [0.717, 1.165) is 10.8 Å². The Hall–Kier alpha value is -2.30. The second kappa shape index (κ2) is 5.77. The van der Waals surface area contributed by atoms with Gasteiger partial charge in [-0.2, -0.15) is 0 Å². The zero-order chi connectivity index (χ0) is 14.7. The Labute approximate surface area is 117 Å². The van der Waals surface area contributed by atoms with Crippen LogP contribution in [0.25, 0.3) is 10.8 Å². The number of carboxylic acid groups (broad SMARTS) is 1. The molecule has 0 spiro atoms. The summed E-state index contributed by atoms with van der Waals surface area (Å²) in [4.78, 5) is 26.3. The molecular formula is C15H18N2O3. The Balaban J connectivity index is 2.20. The Morgan fingerprint density at radius 3 is 2.65 bits per heavy atom. The van der Waals surface area contributed by atoms with E-state index in [4.69, 9.17) is 5.11 Å². The first-order chi connectivity index (χ1) is 9.49. The lowest BCUT2D eigenvalue weighted by Gasteiger charge is -2.16. The number of H-pyrrole nitrogens is 1. The summed E-state index contributed by atoms with van der Waals surface area (Å²) in [6, 6.07) is 6.58. The van der Waals surface area contributed by atoms with E-state index in [1.165, 1.54) is 0 Å². The van der Waals surface area contributed by atoms with Crippen LogP contribution >= 0.6 is 0 Å². The van der Waals surface area contributed by atoms with Gasteiger partial charge >= 0.3 is 5.97 Å². The first kappa shape index (κ1) is 14.1. The van der Waals surface area contributed by atoms with Crippen molar-refractivity contribution in [2.45, 2.75) is 26.3 Å². The molecule has 1 amide bonds. The molecule has 0 aliphatic heterocycles. The van der Waals surface area contributed by atoms with Crippen molar-refractivity contribution in [2.24, 2.45) is 5.92 Å². The van der Waals surface area contributed by atoms with E-state index < -0.39 is 12.0 Å². The van der Waals surface area contributed by atoms with Crippen LogP contribution in [0.15, 0.2) is 30.5 Å². The van der Waals surface area contributed by atoms with E-state index in [-0.39, 0.29) is 11.8 Å². The smallest absolute Gasteiger partial charge is 0.326 e. The lowest BCUT2D eigenvalue weighted by molar-refractivity contribution is -0.139. The maximum atomic E-state index is 12.2. The molecule has 0 saturated heterocycles. The molecule has 3 N–H and O–H groups in total. The molecule has 0 fully saturated rings. The zero-order valence-corrected chi connectivity index (χ0v) is 11.5. The predicted octanol–water partition coefficient (Wildman–Crippen LogP) is 2.40. The Kier molecular flexibility index (Phi) is 4.08. The van der Waals surface area contributed by atoms with Crippen LogP contribution in [0.5, 0.6) is 0 Å². The highest BCUT2D eigenvalue weighted by atomic mass is 16.4. The maximum Gasteiger partial charge on any atom is 0.326 e. The third-order valence-electron chi connectivity index (χ3n) is 3.14. The van der Waals surface area contributed by atoms with Gasteiger partial charge in [-0.3, -0.25) is 4.79 Å². The fourth-order valence-electron chi connectivity index (χ4n) is 2.19. The molecule has 5 heteroatoms. The molecule has 0 radical (unpaired) electrons. The summed E-state index contributed by atoms with van der Waals surface area (Å²) in [5, 5.41) is 13.4. The van der Waals surface area contributed by atoms with Gasteiger partial charge in [-0.25, -0.2) is 4.79 Å². The van der Waals surface area contributed by atoms with E-state index in [2.05, 4.69) is 10.3 Å². The predicted molar refractivity (Wildman–Crippen MR) is 76.6 cm³/mol. The number of benzene rings is 1. The molecule has 0 saturated carbocycles. The number of rotatable bonds is 5. The van der Waals surface area contributed by atoms with E-state index in [1.54, 1.807) is 6.20 Å². The highest BCUT2D eigenvalue weighted by Gasteiger charge is 2.23. The number of hydrogen-bond donors (Lipinski definition) is 3. The second-order valence-electron chi connectivity index (χ2n) is 5.24. The molecule has 5 nitrogen and oxygen atoms in total. The summed E-state index contributed by atoms with van der Waals surface area (Å²) in [5.74, 6) is -1.21. The number of nitrogens with one attached hydrogen (secondary N) is 2. The highest BCUT2D eigenvalue weighted by molar-refractivity contribution is 6.06. The summed E-state index contributed by atoms with van der Waals surface area (Å²) in [6.07, 6.45) is 2.14. The molecule has 1 aromatic heterocycles. The van der Waals surface area contributed by atoms with Crippen LogP contribution < -0.4 is 5.32 Å². The summed E-state index contributed by atoms with van der Waals surface area (Å²) < 4.78 is 0. The number of amides is 1. The fourth-order valence-corrected chi connectivity index (χ4v) is 2.19. The van der Waals surface area contributed by atoms with E-state index >= 15 is 0 Å². The number of hydrogen-bond acceptors (Lipinski definition) is 2. The number of aromatic nitrogens is 1. The lowest BCUT2D eigenvalue weighted by atomic mass is 10.0. The molecule has 0 aliphatic carbocycles. The number of carbonyl (C=O) groups is 2. The van der Waals surface area contributed by atoms with E-state index in [0.29, 0.717) is 12.1 Å². The third kappa shape index (κ3) is 2.99. The van der Waals surface area contributed by atoms with Crippen molar-refractivity contribution < 1.29 is 14.7 Å². The van der Waals surface area contributed by atoms with Gasteiger partial charge in [-0.1, -0.05) is 38.1 Å². The molecule has 106 valence electrons. The molecule has 0 aliphatic rings. The van der Waals surface area contributed by atoms with Gasteiger partial charge in [0.1, 0.15) is 11.7 Å². The minimum Gasteiger partial charge on any atom is -0.480 e. The Morgan fingerprint density at radius 2 is 2.00 bits per heavy atom. The van der Waals surface area contributed by atoms with Crippen molar-refractivity contribution in [3.8, 4) is 0 Å². The maximum absolute atomic E-state index is 12.2. The number of fused-ring (bicyclic) bond motifs is 1. The van der Waals surface area contributed by atoms with Crippen molar-refractivity contribution in [1.29, 1.82) is 0 Å². The minimum atomic E-state index is -1.01. The monoisotopic (exact) mass is 274 g/mol. The Bertz CT molecular complexity index is 631. The van der Waals surface area contributed by atoms with Crippen molar-refractivity contribution in [3.63, 3.8) is 0 Å². The van der Waals surface area contributed by atoms with Crippen molar-refractivity contribution in [1.82, 2.24) is 10.3 Å². The topological polar surface area (TPSA) is 82.2 Å². The van der Waals surface area contributed by atoms with Gasteiger partial charge in [-0.05, 0) is 17.7 Å². The largest absolute Gasteiger partial charge is 0.480 e. The Morgan fingerprint density at radius 1 is 1.30 bits per heavy atom. The summed E-state index contributed by atoms with van der Waals surface area (Å²) in [5.41, 5.74) is 0.399. The molecule has 20 heavy (non-hydrogen) atoms.